The molecule has 0 radical (unpaired) electrons. The molecule has 2 fully saturated rings. The average molecular weight is 405 g/mol. The molecule has 29 heavy (non-hydrogen) atoms. The van der Waals surface area contributed by atoms with E-state index in [0.29, 0.717) is 25.3 Å². The molecule has 158 valence electrons. The normalized spacial score (nSPS) is 24.0. The molecule has 3 atom stereocenters. The summed E-state index contributed by atoms with van der Waals surface area (Å²) >= 11 is 0. The molecule has 3 N–H and O–H groups in total. The summed E-state index contributed by atoms with van der Waals surface area (Å²) in [5.74, 6) is -0.874. The number of fused-ring (bicyclic) bond motifs is 1. The Bertz CT molecular complexity index is 818. The Balaban J connectivity index is 1.79. The molecule has 0 saturated carbocycles. The summed E-state index contributed by atoms with van der Waals surface area (Å²) in [6.45, 7) is 4.34. The van der Waals surface area contributed by atoms with Gasteiger partial charge in [-0.1, -0.05) is 13.8 Å². The van der Waals surface area contributed by atoms with E-state index in [1.54, 1.807) is 4.90 Å². The van der Waals surface area contributed by atoms with Crippen LogP contribution in [0.5, 0.6) is 0 Å². The van der Waals surface area contributed by atoms with E-state index in [4.69, 9.17) is 5.11 Å². The molecular formula is C19H27N5O5. The van der Waals surface area contributed by atoms with Crippen molar-refractivity contribution in [1.82, 2.24) is 25.1 Å². The minimum Gasteiger partial charge on any atom is -0.395 e. The van der Waals surface area contributed by atoms with Crippen LogP contribution in [0.2, 0.25) is 0 Å². The molecule has 3 heterocycles. The van der Waals surface area contributed by atoms with Gasteiger partial charge in [0.1, 0.15) is 12.2 Å². The van der Waals surface area contributed by atoms with Gasteiger partial charge in [-0.05, 0) is 18.8 Å². The van der Waals surface area contributed by atoms with E-state index in [1.165, 1.54) is 11.1 Å². The SMILES string of the molecule is CC(C)C[C@H]1[C@@H](C(=O)NCCO)C[C@H]2CN(C(=O)c3c[nH]c(=O)cn3)CC(=O)N21. The van der Waals surface area contributed by atoms with Crippen molar-refractivity contribution in [3.05, 3.63) is 28.4 Å². The number of carbonyl (C=O) groups excluding carboxylic acids is 3. The second-order valence-corrected chi connectivity index (χ2v) is 7.99. The van der Waals surface area contributed by atoms with Crippen LogP contribution in [-0.4, -0.2) is 80.9 Å². The number of nitrogens with zero attached hydrogens (tertiary/aromatic N) is 3. The molecule has 1 aromatic heterocycles. The number of aromatic amines is 1. The van der Waals surface area contributed by atoms with Crippen LogP contribution in [0, 0.1) is 11.8 Å². The first-order valence-corrected chi connectivity index (χ1v) is 9.85. The van der Waals surface area contributed by atoms with Gasteiger partial charge < -0.3 is 25.2 Å². The van der Waals surface area contributed by atoms with Crippen molar-refractivity contribution in [2.24, 2.45) is 11.8 Å². The molecule has 1 aromatic rings. The van der Waals surface area contributed by atoms with E-state index in [-0.39, 0.29) is 55.2 Å². The van der Waals surface area contributed by atoms with E-state index in [9.17, 15) is 19.2 Å². The predicted octanol–water partition coefficient (Wildman–Crippen LogP) is -1.03. The lowest BCUT2D eigenvalue weighted by Crippen LogP contribution is -2.58. The number of aromatic nitrogens is 2. The van der Waals surface area contributed by atoms with Crippen LogP contribution < -0.4 is 10.9 Å². The molecule has 10 nitrogen and oxygen atoms in total. The van der Waals surface area contributed by atoms with Crippen LogP contribution in [0.3, 0.4) is 0 Å². The van der Waals surface area contributed by atoms with E-state index in [1.807, 2.05) is 13.8 Å². The van der Waals surface area contributed by atoms with Gasteiger partial charge in [0.2, 0.25) is 11.8 Å². The highest BCUT2D eigenvalue weighted by atomic mass is 16.3. The number of aliphatic hydroxyl groups is 1. The Morgan fingerprint density at radius 1 is 1.38 bits per heavy atom. The Hall–Kier alpha value is -2.75. The van der Waals surface area contributed by atoms with Gasteiger partial charge in [-0.25, -0.2) is 4.98 Å². The summed E-state index contributed by atoms with van der Waals surface area (Å²) in [5, 5.41) is 11.7. The third-order valence-electron chi connectivity index (χ3n) is 5.43. The van der Waals surface area contributed by atoms with Crippen molar-refractivity contribution < 1.29 is 19.5 Å². The first-order chi connectivity index (χ1) is 13.8. The molecule has 0 aromatic carbocycles. The van der Waals surface area contributed by atoms with Gasteiger partial charge in [-0.15, -0.1) is 0 Å². The number of rotatable bonds is 6. The Morgan fingerprint density at radius 3 is 2.76 bits per heavy atom. The van der Waals surface area contributed by atoms with E-state index in [0.717, 1.165) is 6.20 Å². The predicted molar refractivity (Wildman–Crippen MR) is 103 cm³/mol. The third-order valence-corrected chi connectivity index (χ3v) is 5.43. The second-order valence-electron chi connectivity index (χ2n) is 7.99. The van der Waals surface area contributed by atoms with Crippen molar-refractivity contribution in [2.75, 3.05) is 26.2 Å². The zero-order valence-electron chi connectivity index (χ0n) is 16.6. The second kappa shape index (κ2) is 8.73. The van der Waals surface area contributed by atoms with Crippen molar-refractivity contribution >= 4 is 17.7 Å². The first-order valence-electron chi connectivity index (χ1n) is 9.85. The number of amides is 3. The summed E-state index contributed by atoms with van der Waals surface area (Å²) in [7, 11) is 0. The van der Waals surface area contributed by atoms with E-state index >= 15 is 0 Å². The number of piperazine rings is 1. The highest BCUT2D eigenvalue weighted by Gasteiger charge is 2.50. The van der Waals surface area contributed by atoms with Crippen molar-refractivity contribution in [3.63, 3.8) is 0 Å². The van der Waals surface area contributed by atoms with Crippen LogP contribution >= 0.6 is 0 Å². The van der Waals surface area contributed by atoms with Gasteiger partial charge in [0.05, 0.1) is 24.8 Å². The van der Waals surface area contributed by atoms with Crippen LogP contribution in [0.4, 0.5) is 0 Å². The first kappa shape index (κ1) is 21.0. The summed E-state index contributed by atoms with van der Waals surface area (Å²) in [5.41, 5.74) is -0.341. The largest absolute Gasteiger partial charge is 0.395 e. The maximum absolute atomic E-state index is 12.9. The minimum absolute atomic E-state index is 0.0693. The summed E-state index contributed by atoms with van der Waals surface area (Å²) in [6.07, 6.45) is 3.42. The molecule has 2 aliphatic heterocycles. The molecule has 2 saturated heterocycles. The van der Waals surface area contributed by atoms with Gasteiger partial charge in [0.15, 0.2) is 0 Å². The van der Waals surface area contributed by atoms with Crippen molar-refractivity contribution in [1.29, 1.82) is 0 Å². The zero-order chi connectivity index (χ0) is 21.1. The lowest BCUT2D eigenvalue weighted by Gasteiger charge is -2.40. The number of nitrogens with one attached hydrogen (secondary N) is 2. The number of hydrogen-bond donors (Lipinski definition) is 3. The molecule has 10 heteroatoms. The fraction of sp³-hybridized carbons (Fsp3) is 0.632. The van der Waals surface area contributed by atoms with Gasteiger partial charge in [0, 0.05) is 25.3 Å². The molecule has 0 bridgehead atoms. The number of aliphatic hydroxyl groups excluding tert-OH is 1. The quantitative estimate of drug-likeness (QED) is 0.554. The smallest absolute Gasteiger partial charge is 0.274 e. The van der Waals surface area contributed by atoms with Crippen molar-refractivity contribution in [3.8, 4) is 0 Å². The third kappa shape index (κ3) is 4.47. The lowest BCUT2D eigenvalue weighted by atomic mass is 9.91. The van der Waals surface area contributed by atoms with Gasteiger partial charge in [0.25, 0.3) is 11.5 Å². The number of hydrogen-bond acceptors (Lipinski definition) is 6. The molecule has 0 aliphatic carbocycles. The maximum Gasteiger partial charge on any atom is 0.274 e. The van der Waals surface area contributed by atoms with Gasteiger partial charge in [-0.2, -0.15) is 0 Å². The maximum atomic E-state index is 12.9. The van der Waals surface area contributed by atoms with Gasteiger partial charge in [-0.3, -0.25) is 19.2 Å². The summed E-state index contributed by atoms with van der Waals surface area (Å²) < 4.78 is 0. The summed E-state index contributed by atoms with van der Waals surface area (Å²) in [4.78, 5) is 58.9. The Kier molecular flexibility index (Phi) is 6.31. The molecule has 3 amide bonds. The Morgan fingerprint density at radius 2 is 2.14 bits per heavy atom. The fourth-order valence-corrected chi connectivity index (χ4v) is 4.27. The topological polar surface area (TPSA) is 136 Å². The van der Waals surface area contributed by atoms with Crippen LogP contribution in [0.25, 0.3) is 0 Å². The lowest BCUT2D eigenvalue weighted by molar-refractivity contribution is -0.140. The minimum atomic E-state index is -0.428. The van der Waals surface area contributed by atoms with Crippen LogP contribution in [0.1, 0.15) is 37.2 Å². The monoisotopic (exact) mass is 405 g/mol. The van der Waals surface area contributed by atoms with E-state index < -0.39 is 11.5 Å². The average Bonchev–Trinajstić information content (AvgIpc) is 3.04. The summed E-state index contributed by atoms with van der Waals surface area (Å²) in [6, 6.07) is -0.480. The molecule has 2 aliphatic rings. The highest BCUT2D eigenvalue weighted by molar-refractivity contribution is 5.96. The molecule has 0 spiro atoms. The fourth-order valence-electron chi connectivity index (χ4n) is 4.27. The zero-order valence-corrected chi connectivity index (χ0v) is 16.6. The Labute approximate surface area is 168 Å². The van der Waals surface area contributed by atoms with Crippen LogP contribution in [-0.2, 0) is 9.59 Å². The van der Waals surface area contributed by atoms with Crippen molar-refractivity contribution in [2.45, 2.75) is 38.8 Å². The molecule has 0 unspecified atom stereocenters. The standard InChI is InChI=1S/C19H27N5O5/c1-11(2)5-15-13(18(28)20-3-4-25)6-12-9-23(10-17(27)24(12)15)19(29)14-7-22-16(26)8-21-14/h7-8,11-13,15,25H,3-6,9-10H2,1-2H3,(H,20,28)(H,22,26)/t12-,13-,15-/m0/s1. The van der Waals surface area contributed by atoms with Crippen LogP contribution in [0.15, 0.2) is 17.2 Å². The number of carbonyl (C=O) groups is 3. The number of H-pyrrole nitrogens is 1. The molecule has 3 rings (SSSR count). The van der Waals surface area contributed by atoms with Gasteiger partial charge >= 0.3 is 0 Å². The highest BCUT2D eigenvalue weighted by Crippen LogP contribution is 2.36. The van der Waals surface area contributed by atoms with E-state index in [2.05, 4.69) is 15.3 Å². The molecular weight excluding hydrogens is 378 g/mol.